The summed E-state index contributed by atoms with van der Waals surface area (Å²) in [4.78, 5) is 0. The average Bonchev–Trinajstić information content (AvgIpc) is 2.81. The highest BCUT2D eigenvalue weighted by Crippen LogP contribution is 2.24. The van der Waals surface area contributed by atoms with Crippen molar-refractivity contribution in [3.63, 3.8) is 0 Å². The highest BCUT2D eigenvalue weighted by molar-refractivity contribution is 14.1. The Labute approximate surface area is 200 Å². The van der Waals surface area contributed by atoms with Gasteiger partial charge in [-0.15, -0.1) is 0 Å². The van der Waals surface area contributed by atoms with Crippen LogP contribution in [0.25, 0.3) is 22.3 Å². The zero-order valence-electron chi connectivity index (χ0n) is 16.8. The van der Waals surface area contributed by atoms with E-state index in [1.807, 2.05) is 36.4 Å². The molecule has 0 aliphatic carbocycles. The fraction of sp³-hybridized carbons (Fsp3) is 0.0769. The molecule has 152 valence electrons. The van der Waals surface area contributed by atoms with E-state index in [1.165, 1.54) is 25.8 Å². The number of benzene rings is 4. The predicted octanol–water partition coefficient (Wildman–Crippen LogP) is 8.09. The minimum absolute atomic E-state index is 0.885. The van der Waals surface area contributed by atoms with Gasteiger partial charge in [0, 0.05) is 8.04 Å². The van der Waals surface area contributed by atoms with Crippen molar-refractivity contribution in [2.24, 2.45) is 0 Å². The second-order valence-corrected chi connectivity index (χ2v) is 8.63. The first-order chi connectivity index (χ1) is 14.6. The van der Waals surface area contributed by atoms with Crippen LogP contribution in [0.15, 0.2) is 102 Å². The average molecular weight is 573 g/mol. The molecule has 4 aromatic rings. The molecule has 2 nitrogen and oxygen atoms in total. The van der Waals surface area contributed by atoms with E-state index in [4.69, 9.17) is 9.47 Å². The molecule has 0 fully saturated rings. The van der Waals surface area contributed by atoms with Gasteiger partial charge in [0.1, 0.15) is 11.5 Å². The molecule has 0 unspecified atom stereocenters. The molecule has 0 saturated carbocycles. The Balaban J connectivity index is 0.000000171. The lowest BCUT2D eigenvalue weighted by Gasteiger charge is -2.03. The standard InChI is InChI=1S/C13H11BrO.C13H11IO/c2*1-15-13-8-4-11(5-9-13)10-2-6-12(14)7-3-10/h2*2-9H,1H3. The molecule has 0 spiro atoms. The number of halogens is 2. The molecule has 0 saturated heterocycles. The highest BCUT2D eigenvalue weighted by Gasteiger charge is 1.98. The fourth-order valence-corrected chi connectivity index (χ4v) is 3.48. The normalized spacial score (nSPS) is 10.0. The molecule has 0 amide bonds. The van der Waals surface area contributed by atoms with Gasteiger partial charge in [0.15, 0.2) is 0 Å². The van der Waals surface area contributed by atoms with Crippen LogP contribution in [0.5, 0.6) is 11.5 Å². The third-order valence-corrected chi connectivity index (χ3v) is 5.78. The minimum Gasteiger partial charge on any atom is -0.497 e. The van der Waals surface area contributed by atoms with Gasteiger partial charge in [0.2, 0.25) is 0 Å². The van der Waals surface area contributed by atoms with Crippen LogP contribution >= 0.6 is 38.5 Å². The lowest BCUT2D eigenvalue weighted by molar-refractivity contribution is 0.415. The summed E-state index contributed by atoms with van der Waals surface area (Å²) in [6, 6.07) is 32.9. The summed E-state index contributed by atoms with van der Waals surface area (Å²) in [6.45, 7) is 0. The van der Waals surface area contributed by atoms with Crippen molar-refractivity contribution in [3.8, 4) is 33.8 Å². The summed E-state index contributed by atoms with van der Waals surface area (Å²) >= 11 is 5.73. The van der Waals surface area contributed by atoms with Crippen LogP contribution in [-0.2, 0) is 0 Å². The Kier molecular flexibility index (Phi) is 8.34. The van der Waals surface area contributed by atoms with Crippen LogP contribution < -0.4 is 9.47 Å². The topological polar surface area (TPSA) is 18.5 Å². The van der Waals surface area contributed by atoms with Crippen molar-refractivity contribution in [3.05, 3.63) is 105 Å². The van der Waals surface area contributed by atoms with Crippen molar-refractivity contribution in [1.82, 2.24) is 0 Å². The van der Waals surface area contributed by atoms with E-state index in [-0.39, 0.29) is 0 Å². The molecule has 0 aliphatic rings. The molecular weight excluding hydrogens is 551 g/mol. The lowest BCUT2D eigenvalue weighted by atomic mass is 10.1. The molecule has 0 heterocycles. The van der Waals surface area contributed by atoms with E-state index >= 15 is 0 Å². The predicted molar refractivity (Wildman–Crippen MR) is 137 cm³/mol. The Bertz CT molecular complexity index is 953. The number of ether oxygens (including phenoxy) is 2. The monoisotopic (exact) mass is 572 g/mol. The van der Waals surface area contributed by atoms with E-state index in [0.29, 0.717) is 0 Å². The van der Waals surface area contributed by atoms with Crippen molar-refractivity contribution in [2.45, 2.75) is 0 Å². The van der Waals surface area contributed by atoms with Crippen LogP contribution in [0, 0.1) is 3.57 Å². The zero-order chi connectivity index (χ0) is 21.3. The second kappa shape index (κ2) is 11.2. The van der Waals surface area contributed by atoms with Gasteiger partial charge in [-0.25, -0.2) is 0 Å². The minimum atomic E-state index is 0.885. The van der Waals surface area contributed by atoms with Crippen molar-refractivity contribution in [1.29, 1.82) is 0 Å². The van der Waals surface area contributed by atoms with Gasteiger partial charge >= 0.3 is 0 Å². The Hall–Kier alpha value is -2.31. The highest BCUT2D eigenvalue weighted by atomic mass is 127. The molecule has 4 aromatic carbocycles. The maximum absolute atomic E-state index is 5.12. The van der Waals surface area contributed by atoms with Crippen LogP contribution in [-0.4, -0.2) is 14.2 Å². The molecule has 0 aromatic heterocycles. The molecule has 4 heteroatoms. The van der Waals surface area contributed by atoms with Gasteiger partial charge in [-0.1, -0.05) is 64.5 Å². The quantitative estimate of drug-likeness (QED) is 0.230. The van der Waals surface area contributed by atoms with Crippen molar-refractivity contribution in [2.75, 3.05) is 14.2 Å². The van der Waals surface area contributed by atoms with Gasteiger partial charge in [0.05, 0.1) is 14.2 Å². The third-order valence-electron chi connectivity index (χ3n) is 4.54. The molecule has 0 aliphatic heterocycles. The van der Waals surface area contributed by atoms with Crippen LogP contribution in [0.4, 0.5) is 0 Å². The molecule has 0 N–H and O–H groups in total. The van der Waals surface area contributed by atoms with Gasteiger partial charge in [0.25, 0.3) is 0 Å². The number of hydrogen-bond donors (Lipinski definition) is 0. The van der Waals surface area contributed by atoms with E-state index in [1.54, 1.807) is 14.2 Å². The van der Waals surface area contributed by atoms with E-state index in [2.05, 4.69) is 99.2 Å². The maximum Gasteiger partial charge on any atom is 0.118 e. The molecular formula is C26H22BrIO2. The Morgan fingerprint density at radius 2 is 0.800 bits per heavy atom. The van der Waals surface area contributed by atoms with Crippen molar-refractivity contribution < 1.29 is 9.47 Å². The number of methoxy groups -OCH3 is 2. The maximum atomic E-state index is 5.12. The van der Waals surface area contributed by atoms with E-state index < -0.39 is 0 Å². The van der Waals surface area contributed by atoms with Crippen LogP contribution in [0.1, 0.15) is 0 Å². The lowest BCUT2D eigenvalue weighted by Crippen LogP contribution is -1.82. The first-order valence-electron chi connectivity index (χ1n) is 9.39. The smallest absolute Gasteiger partial charge is 0.118 e. The van der Waals surface area contributed by atoms with Crippen molar-refractivity contribution >= 4 is 38.5 Å². The second-order valence-electron chi connectivity index (χ2n) is 6.47. The van der Waals surface area contributed by atoms with Gasteiger partial charge < -0.3 is 9.47 Å². The first kappa shape index (κ1) is 22.4. The zero-order valence-corrected chi connectivity index (χ0v) is 20.6. The van der Waals surface area contributed by atoms with Gasteiger partial charge in [-0.05, 0) is 93.4 Å². The summed E-state index contributed by atoms with van der Waals surface area (Å²) in [6.07, 6.45) is 0. The molecule has 0 atom stereocenters. The summed E-state index contributed by atoms with van der Waals surface area (Å²) in [5.41, 5.74) is 4.86. The molecule has 30 heavy (non-hydrogen) atoms. The summed E-state index contributed by atoms with van der Waals surface area (Å²) in [7, 11) is 3.36. The van der Waals surface area contributed by atoms with Gasteiger partial charge in [-0.2, -0.15) is 0 Å². The molecule has 0 radical (unpaired) electrons. The first-order valence-corrected chi connectivity index (χ1v) is 11.3. The summed E-state index contributed by atoms with van der Waals surface area (Å²) in [5, 5.41) is 0. The SMILES string of the molecule is COc1ccc(-c2ccc(Br)cc2)cc1.COc1ccc(-c2ccc(I)cc2)cc1. The molecule has 0 bridgehead atoms. The Morgan fingerprint density at radius 3 is 1.13 bits per heavy atom. The third kappa shape index (κ3) is 6.34. The van der Waals surface area contributed by atoms with Gasteiger partial charge in [-0.3, -0.25) is 0 Å². The summed E-state index contributed by atoms with van der Waals surface area (Å²) < 4.78 is 12.6. The van der Waals surface area contributed by atoms with Crippen LogP contribution in [0.3, 0.4) is 0 Å². The molecule has 4 rings (SSSR count). The fourth-order valence-electron chi connectivity index (χ4n) is 2.85. The number of hydrogen-bond acceptors (Lipinski definition) is 2. The Morgan fingerprint density at radius 1 is 0.500 bits per heavy atom. The number of rotatable bonds is 4. The van der Waals surface area contributed by atoms with E-state index in [0.717, 1.165) is 16.0 Å². The van der Waals surface area contributed by atoms with E-state index in [9.17, 15) is 0 Å². The summed E-state index contributed by atoms with van der Waals surface area (Å²) in [5.74, 6) is 1.78. The van der Waals surface area contributed by atoms with Crippen LogP contribution in [0.2, 0.25) is 0 Å². The largest absolute Gasteiger partial charge is 0.497 e.